The summed E-state index contributed by atoms with van der Waals surface area (Å²) in [6, 6.07) is 12.6. The van der Waals surface area contributed by atoms with E-state index in [1.165, 1.54) is 5.56 Å². The van der Waals surface area contributed by atoms with Gasteiger partial charge >= 0.3 is 0 Å². The average Bonchev–Trinajstić information content (AvgIpc) is 3.54. The highest BCUT2D eigenvalue weighted by molar-refractivity contribution is 5.87. The number of aromatic nitrogens is 5. The molecule has 9 nitrogen and oxygen atoms in total. The van der Waals surface area contributed by atoms with Crippen molar-refractivity contribution in [1.82, 2.24) is 24.3 Å². The van der Waals surface area contributed by atoms with Gasteiger partial charge in [-0.3, -0.25) is 0 Å². The van der Waals surface area contributed by atoms with Gasteiger partial charge in [0.2, 0.25) is 0 Å². The molecule has 4 aromatic rings. The van der Waals surface area contributed by atoms with Crippen molar-refractivity contribution in [3.63, 3.8) is 0 Å². The van der Waals surface area contributed by atoms with E-state index in [-0.39, 0.29) is 0 Å². The van der Waals surface area contributed by atoms with E-state index in [4.69, 9.17) is 29.3 Å². The molecular weight excluding hydrogens is 468 g/mol. The average molecular weight is 503 g/mol. The quantitative estimate of drug-likeness (QED) is 0.378. The largest absolute Gasteiger partial charge is 0.381 e. The van der Waals surface area contributed by atoms with Gasteiger partial charge < -0.3 is 23.7 Å². The summed E-state index contributed by atoms with van der Waals surface area (Å²) in [6.45, 7) is 8.12. The number of ether oxygens (including phenoxy) is 3. The lowest BCUT2D eigenvalue weighted by Crippen LogP contribution is -2.36. The fraction of sp³-hybridized carbons (Fsp3) is 0.464. The lowest BCUT2D eigenvalue weighted by molar-refractivity contribution is 0.0615. The summed E-state index contributed by atoms with van der Waals surface area (Å²) in [6.07, 6.45) is 4.07. The summed E-state index contributed by atoms with van der Waals surface area (Å²) in [5.74, 6) is 1.33. The van der Waals surface area contributed by atoms with Crippen LogP contribution in [0, 0.1) is 12.8 Å². The second-order valence-corrected chi connectivity index (χ2v) is 9.96. The van der Waals surface area contributed by atoms with Crippen molar-refractivity contribution in [1.29, 1.82) is 0 Å². The van der Waals surface area contributed by atoms with Crippen LogP contribution in [0.2, 0.25) is 0 Å². The minimum absolute atomic E-state index is 0.437. The lowest BCUT2D eigenvalue weighted by Gasteiger charge is -2.29. The number of aryl methyl sites for hydroxylation is 1. The number of rotatable bonds is 7. The molecule has 0 atom stereocenters. The molecule has 194 valence electrons. The number of nitrogens with zero attached hydrogens (tertiary/aromatic N) is 6. The second-order valence-electron chi connectivity index (χ2n) is 9.96. The molecule has 0 radical (unpaired) electrons. The number of hydrogen-bond acceptors (Lipinski definition) is 7. The first-order valence-corrected chi connectivity index (χ1v) is 13.1. The smallest absolute Gasteiger partial charge is 0.164 e. The molecule has 3 aromatic heterocycles. The van der Waals surface area contributed by atoms with Gasteiger partial charge in [0.1, 0.15) is 5.52 Å². The number of pyridine rings is 1. The molecule has 0 N–H and O–H groups in total. The third kappa shape index (κ3) is 4.99. The number of methoxy groups -OCH3 is 1. The van der Waals surface area contributed by atoms with Crippen LogP contribution in [0.1, 0.15) is 24.1 Å². The molecule has 6 rings (SSSR count). The Morgan fingerprint density at radius 1 is 1.03 bits per heavy atom. The molecule has 5 heterocycles. The topological polar surface area (TPSA) is 79.5 Å². The second kappa shape index (κ2) is 10.6. The van der Waals surface area contributed by atoms with E-state index in [0.29, 0.717) is 25.7 Å². The molecule has 9 heteroatoms. The summed E-state index contributed by atoms with van der Waals surface area (Å²) in [5.41, 5.74) is 7.03. The van der Waals surface area contributed by atoms with Gasteiger partial charge in [0, 0.05) is 51.6 Å². The first kappa shape index (κ1) is 24.1. The molecule has 0 unspecified atom stereocenters. The highest BCUT2D eigenvalue weighted by Gasteiger charge is 2.23. The predicted octanol–water partition coefficient (Wildman–Crippen LogP) is 4.00. The highest BCUT2D eigenvalue weighted by Crippen LogP contribution is 2.31. The Kier molecular flexibility index (Phi) is 6.91. The standard InChI is InChI=1S/C28H34N6O3/c1-20-4-3-5-22(14-20)24-15-23(18-35-2)34(31-24)26-16-25(32-8-12-37-13-9-32)27-28(30-26)33(19-29-27)17-21-6-10-36-11-7-21/h3-5,14-16,19,21H,6-13,17-18H2,1-2H3. The van der Waals surface area contributed by atoms with Crippen molar-refractivity contribution in [2.24, 2.45) is 5.92 Å². The molecule has 0 spiro atoms. The van der Waals surface area contributed by atoms with Crippen LogP contribution in [-0.2, 0) is 27.4 Å². The van der Waals surface area contributed by atoms with Gasteiger partial charge in [-0.15, -0.1) is 0 Å². The fourth-order valence-electron chi connectivity index (χ4n) is 5.31. The van der Waals surface area contributed by atoms with Crippen molar-refractivity contribution in [3.8, 4) is 17.1 Å². The summed E-state index contributed by atoms with van der Waals surface area (Å²) < 4.78 is 20.9. The van der Waals surface area contributed by atoms with Crippen LogP contribution in [0.4, 0.5) is 5.69 Å². The molecular formula is C28H34N6O3. The van der Waals surface area contributed by atoms with Crippen LogP contribution in [-0.4, -0.2) is 70.9 Å². The molecule has 0 aliphatic carbocycles. The molecule has 0 amide bonds. The molecule has 2 aliphatic heterocycles. The highest BCUT2D eigenvalue weighted by atomic mass is 16.5. The molecule has 0 bridgehead atoms. The molecule has 2 aliphatic rings. The Hall–Kier alpha value is -3.27. The molecule has 2 saturated heterocycles. The van der Waals surface area contributed by atoms with Crippen LogP contribution in [0.3, 0.4) is 0 Å². The predicted molar refractivity (Wildman–Crippen MR) is 142 cm³/mol. The monoisotopic (exact) mass is 502 g/mol. The van der Waals surface area contributed by atoms with Gasteiger partial charge in [-0.2, -0.15) is 5.10 Å². The Labute approximate surface area is 217 Å². The molecule has 2 fully saturated rings. The first-order valence-electron chi connectivity index (χ1n) is 13.1. The fourth-order valence-corrected chi connectivity index (χ4v) is 5.31. The van der Waals surface area contributed by atoms with Gasteiger partial charge in [0.05, 0.1) is 43.2 Å². The van der Waals surface area contributed by atoms with Crippen LogP contribution < -0.4 is 4.90 Å². The Balaban J connectivity index is 1.47. The van der Waals surface area contributed by atoms with Crippen LogP contribution in [0.25, 0.3) is 28.2 Å². The number of hydrogen-bond donors (Lipinski definition) is 0. The van der Waals surface area contributed by atoms with E-state index in [1.54, 1.807) is 7.11 Å². The van der Waals surface area contributed by atoms with Crippen molar-refractivity contribution in [2.75, 3.05) is 51.5 Å². The van der Waals surface area contributed by atoms with E-state index < -0.39 is 0 Å². The Morgan fingerprint density at radius 2 is 1.84 bits per heavy atom. The first-order chi connectivity index (χ1) is 18.2. The van der Waals surface area contributed by atoms with Crippen molar-refractivity contribution < 1.29 is 14.2 Å². The lowest BCUT2D eigenvalue weighted by atomic mass is 10.0. The summed E-state index contributed by atoms with van der Waals surface area (Å²) in [5, 5.41) is 5.02. The van der Waals surface area contributed by atoms with Gasteiger partial charge in [-0.1, -0.05) is 23.8 Å². The van der Waals surface area contributed by atoms with Gasteiger partial charge in [-0.25, -0.2) is 14.6 Å². The molecule has 37 heavy (non-hydrogen) atoms. The maximum Gasteiger partial charge on any atom is 0.164 e. The maximum absolute atomic E-state index is 5.64. The zero-order valence-corrected chi connectivity index (χ0v) is 21.6. The Morgan fingerprint density at radius 3 is 2.62 bits per heavy atom. The number of imidazole rings is 1. The summed E-state index contributed by atoms with van der Waals surface area (Å²) in [7, 11) is 1.71. The van der Waals surface area contributed by atoms with Gasteiger partial charge in [-0.05, 0) is 37.8 Å². The van der Waals surface area contributed by atoms with E-state index in [2.05, 4.69) is 52.8 Å². The SMILES string of the molecule is COCc1cc(-c2cccc(C)c2)nn1-c1cc(N2CCOCC2)c2ncn(CC3CCOCC3)c2n1. The summed E-state index contributed by atoms with van der Waals surface area (Å²) >= 11 is 0. The normalized spacial score (nSPS) is 17.1. The third-order valence-electron chi connectivity index (χ3n) is 7.29. The maximum atomic E-state index is 5.64. The van der Waals surface area contributed by atoms with Crippen LogP contribution >= 0.6 is 0 Å². The van der Waals surface area contributed by atoms with Gasteiger partial charge in [0.15, 0.2) is 11.5 Å². The zero-order chi connectivity index (χ0) is 25.2. The van der Waals surface area contributed by atoms with Crippen molar-refractivity contribution in [2.45, 2.75) is 32.9 Å². The zero-order valence-electron chi connectivity index (χ0n) is 21.6. The van der Waals surface area contributed by atoms with Crippen LogP contribution in [0.15, 0.2) is 42.7 Å². The third-order valence-corrected chi connectivity index (χ3v) is 7.29. The molecule has 0 saturated carbocycles. The minimum atomic E-state index is 0.437. The number of fused-ring (bicyclic) bond motifs is 1. The number of anilines is 1. The van der Waals surface area contributed by atoms with Crippen molar-refractivity contribution in [3.05, 3.63) is 54.0 Å². The molecule has 1 aromatic carbocycles. The van der Waals surface area contributed by atoms with Crippen LogP contribution in [0.5, 0.6) is 0 Å². The van der Waals surface area contributed by atoms with Gasteiger partial charge in [0.25, 0.3) is 0 Å². The Bertz CT molecular complexity index is 1370. The number of benzene rings is 1. The van der Waals surface area contributed by atoms with E-state index >= 15 is 0 Å². The minimum Gasteiger partial charge on any atom is -0.381 e. The van der Waals surface area contributed by atoms with E-state index in [9.17, 15) is 0 Å². The van der Waals surface area contributed by atoms with E-state index in [0.717, 1.165) is 85.3 Å². The number of morpholine rings is 1. The van der Waals surface area contributed by atoms with Crippen molar-refractivity contribution >= 4 is 16.9 Å². The summed E-state index contributed by atoms with van der Waals surface area (Å²) in [4.78, 5) is 12.3. The van der Waals surface area contributed by atoms with E-state index in [1.807, 2.05) is 11.0 Å².